The first kappa shape index (κ1) is 19.3. The van der Waals surface area contributed by atoms with E-state index in [1.165, 1.54) is 6.92 Å². The first-order chi connectivity index (χ1) is 8.78. The third kappa shape index (κ3) is 7.15. The van der Waals surface area contributed by atoms with Crippen LogP contribution in [0.15, 0.2) is 0 Å². The Bertz CT molecular complexity index is 346. The molecule has 20 heavy (non-hydrogen) atoms. The highest BCUT2D eigenvalue weighted by molar-refractivity contribution is 5.95. The number of aliphatic hydroxyl groups is 2. The Kier molecular flexibility index (Phi) is 6.56. The van der Waals surface area contributed by atoms with Gasteiger partial charge in [-0.1, -0.05) is 27.2 Å². The van der Waals surface area contributed by atoms with E-state index in [2.05, 4.69) is 0 Å². The van der Waals surface area contributed by atoms with Crippen molar-refractivity contribution in [1.82, 2.24) is 0 Å². The lowest BCUT2D eigenvalue weighted by Gasteiger charge is -2.32. The summed E-state index contributed by atoms with van der Waals surface area (Å²) in [5.41, 5.74) is -3.00. The molecule has 0 aromatic rings. The van der Waals surface area contributed by atoms with E-state index in [1.54, 1.807) is 34.6 Å². The van der Waals surface area contributed by atoms with Crippen molar-refractivity contribution < 1.29 is 19.8 Å². The summed E-state index contributed by atoms with van der Waals surface area (Å²) in [5, 5.41) is 20.2. The zero-order valence-corrected chi connectivity index (χ0v) is 13.7. The van der Waals surface area contributed by atoms with Gasteiger partial charge >= 0.3 is 0 Å². The van der Waals surface area contributed by atoms with Gasteiger partial charge in [-0.15, -0.1) is 0 Å². The Morgan fingerprint density at radius 3 is 1.70 bits per heavy atom. The molecule has 0 saturated heterocycles. The first-order valence-corrected chi connectivity index (χ1v) is 7.27. The van der Waals surface area contributed by atoms with Gasteiger partial charge in [0.25, 0.3) is 0 Å². The summed E-state index contributed by atoms with van der Waals surface area (Å²) in [6.07, 6.45) is 2.05. The van der Waals surface area contributed by atoms with Gasteiger partial charge in [0.15, 0.2) is 5.78 Å². The van der Waals surface area contributed by atoms with E-state index in [1.807, 2.05) is 0 Å². The first-order valence-electron chi connectivity index (χ1n) is 7.27. The smallest absolute Gasteiger partial charge is 0.170 e. The number of rotatable bonds is 8. The van der Waals surface area contributed by atoms with Crippen LogP contribution in [0, 0.1) is 5.41 Å². The van der Waals surface area contributed by atoms with Gasteiger partial charge in [0.2, 0.25) is 0 Å². The largest absolute Gasteiger partial charge is 0.390 e. The normalized spacial score (nSPS) is 15.8. The van der Waals surface area contributed by atoms with E-state index in [4.69, 9.17) is 0 Å². The van der Waals surface area contributed by atoms with E-state index in [0.717, 1.165) is 0 Å². The molecule has 0 fully saturated rings. The van der Waals surface area contributed by atoms with Crippen LogP contribution in [0.4, 0.5) is 0 Å². The molecule has 0 aromatic carbocycles. The number of Topliss-reactive ketones (excluding diaryl/α,β-unsaturated/α-hetero) is 2. The molecule has 0 spiro atoms. The van der Waals surface area contributed by atoms with Crippen molar-refractivity contribution in [3.8, 4) is 0 Å². The number of unbranched alkanes of at least 4 members (excludes halogenated alkanes) is 1. The minimum Gasteiger partial charge on any atom is -0.390 e. The topological polar surface area (TPSA) is 74.6 Å². The molecule has 118 valence electrons. The average Bonchev–Trinajstić information content (AvgIpc) is 2.20. The van der Waals surface area contributed by atoms with Gasteiger partial charge < -0.3 is 10.2 Å². The van der Waals surface area contributed by atoms with Crippen LogP contribution in [-0.4, -0.2) is 33.0 Å². The number of hydrogen-bond donors (Lipinski definition) is 2. The predicted octanol–water partition coefficient (Wildman–Crippen LogP) is 2.64. The zero-order valence-electron chi connectivity index (χ0n) is 13.7. The molecule has 0 heterocycles. The van der Waals surface area contributed by atoms with Gasteiger partial charge in [-0.05, 0) is 40.0 Å². The number of ketones is 2. The monoisotopic (exact) mass is 286 g/mol. The lowest BCUT2D eigenvalue weighted by molar-refractivity contribution is -0.150. The van der Waals surface area contributed by atoms with Crippen molar-refractivity contribution in [2.75, 3.05) is 0 Å². The summed E-state index contributed by atoms with van der Waals surface area (Å²) in [5.74, 6) is -0.476. The molecule has 0 aliphatic rings. The minimum absolute atomic E-state index is 0.133. The molecule has 4 heteroatoms. The van der Waals surface area contributed by atoms with Crippen LogP contribution in [0.2, 0.25) is 0 Å². The fraction of sp³-hybridized carbons (Fsp3) is 0.875. The molecule has 0 aromatic heterocycles. The zero-order chi connectivity index (χ0) is 16.2. The predicted molar refractivity (Wildman–Crippen MR) is 79.5 cm³/mol. The average molecular weight is 286 g/mol. The maximum Gasteiger partial charge on any atom is 0.170 e. The summed E-state index contributed by atoms with van der Waals surface area (Å²) in [4.78, 5) is 23.7. The quantitative estimate of drug-likeness (QED) is 0.673. The fourth-order valence-corrected chi connectivity index (χ4v) is 2.37. The van der Waals surface area contributed by atoms with Crippen molar-refractivity contribution in [1.29, 1.82) is 0 Å². The third-order valence-electron chi connectivity index (χ3n) is 3.27. The number of hydrogen-bond acceptors (Lipinski definition) is 4. The summed E-state index contributed by atoms with van der Waals surface area (Å²) in [6.45, 7) is 10.1. The molecule has 0 bridgehead atoms. The summed E-state index contributed by atoms with van der Waals surface area (Å²) < 4.78 is 0. The summed E-state index contributed by atoms with van der Waals surface area (Å²) >= 11 is 0. The Morgan fingerprint density at radius 2 is 1.35 bits per heavy atom. The van der Waals surface area contributed by atoms with Crippen molar-refractivity contribution in [3.63, 3.8) is 0 Å². The second kappa shape index (κ2) is 6.81. The Balaban J connectivity index is 4.73. The van der Waals surface area contributed by atoms with Gasteiger partial charge in [0.05, 0.1) is 5.60 Å². The molecule has 0 radical (unpaired) electrons. The van der Waals surface area contributed by atoms with E-state index in [9.17, 15) is 19.8 Å². The van der Waals surface area contributed by atoms with Crippen LogP contribution in [0.25, 0.3) is 0 Å². The molecule has 2 N–H and O–H groups in total. The van der Waals surface area contributed by atoms with Crippen LogP contribution in [0.5, 0.6) is 0 Å². The Morgan fingerprint density at radius 1 is 0.900 bits per heavy atom. The SMILES string of the molecule is CC(=O)C[C@](O)(CCCCC(C)(C)O)C(=O)C(C)(C)C. The van der Waals surface area contributed by atoms with E-state index < -0.39 is 16.6 Å². The van der Waals surface area contributed by atoms with Crippen LogP contribution in [-0.2, 0) is 9.59 Å². The van der Waals surface area contributed by atoms with Crippen molar-refractivity contribution in [2.24, 2.45) is 5.41 Å². The molecule has 1 atom stereocenters. The minimum atomic E-state index is -1.58. The van der Waals surface area contributed by atoms with Gasteiger partial charge in [0.1, 0.15) is 11.4 Å². The molecule has 0 rings (SSSR count). The lowest BCUT2D eigenvalue weighted by atomic mass is 9.75. The summed E-state index contributed by atoms with van der Waals surface area (Å²) in [7, 11) is 0. The highest BCUT2D eigenvalue weighted by atomic mass is 16.3. The number of carbonyl (C=O) groups excluding carboxylic acids is 2. The fourth-order valence-electron chi connectivity index (χ4n) is 2.37. The standard InChI is InChI=1S/C16H30O4/c1-12(17)11-16(20,13(18)14(2,3)4)10-8-7-9-15(5,6)19/h19-20H,7-11H2,1-6H3/t16-/m1/s1. The maximum atomic E-state index is 12.4. The molecule has 0 aliphatic carbocycles. The molecular weight excluding hydrogens is 256 g/mol. The second-order valence-corrected chi connectivity index (χ2v) is 7.51. The highest BCUT2D eigenvalue weighted by Crippen LogP contribution is 2.30. The third-order valence-corrected chi connectivity index (χ3v) is 3.27. The van der Waals surface area contributed by atoms with E-state index in [0.29, 0.717) is 19.3 Å². The van der Waals surface area contributed by atoms with Gasteiger partial charge in [-0.3, -0.25) is 9.59 Å². The lowest BCUT2D eigenvalue weighted by Crippen LogP contribution is -2.46. The molecule has 4 nitrogen and oxygen atoms in total. The van der Waals surface area contributed by atoms with E-state index >= 15 is 0 Å². The molecular formula is C16H30O4. The van der Waals surface area contributed by atoms with Crippen molar-refractivity contribution >= 4 is 11.6 Å². The Labute approximate surface area is 122 Å². The second-order valence-electron chi connectivity index (χ2n) is 7.51. The molecule has 0 unspecified atom stereocenters. The van der Waals surface area contributed by atoms with Gasteiger partial charge in [-0.2, -0.15) is 0 Å². The van der Waals surface area contributed by atoms with Gasteiger partial charge in [0, 0.05) is 11.8 Å². The maximum absolute atomic E-state index is 12.4. The molecule has 0 amide bonds. The highest BCUT2D eigenvalue weighted by Gasteiger charge is 2.42. The van der Waals surface area contributed by atoms with Crippen LogP contribution >= 0.6 is 0 Å². The molecule has 0 aliphatic heterocycles. The van der Waals surface area contributed by atoms with Crippen LogP contribution in [0.3, 0.4) is 0 Å². The van der Waals surface area contributed by atoms with Crippen LogP contribution in [0.1, 0.15) is 73.6 Å². The van der Waals surface area contributed by atoms with Crippen molar-refractivity contribution in [2.45, 2.75) is 84.8 Å². The van der Waals surface area contributed by atoms with Crippen LogP contribution < -0.4 is 0 Å². The summed E-state index contributed by atoms with van der Waals surface area (Å²) in [6, 6.07) is 0. The van der Waals surface area contributed by atoms with Gasteiger partial charge in [-0.25, -0.2) is 0 Å². The molecule has 0 saturated carbocycles. The Hall–Kier alpha value is -0.740. The van der Waals surface area contributed by atoms with E-state index in [-0.39, 0.29) is 24.4 Å². The van der Waals surface area contributed by atoms with Crippen molar-refractivity contribution in [3.05, 3.63) is 0 Å². The number of carbonyl (C=O) groups is 2.